The van der Waals surface area contributed by atoms with Crippen LogP contribution in [0, 0.1) is 0 Å². The van der Waals surface area contributed by atoms with Gasteiger partial charge in [0.2, 0.25) is 0 Å². The maximum Gasteiger partial charge on any atom is 0.405 e. The summed E-state index contributed by atoms with van der Waals surface area (Å²) in [4.78, 5) is 19.2. The molecule has 5 nitrogen and oxygen atoms in total. The number of carbonyl (C=O) groups is 1. The van der Waals surface area contributed by atoms with E-state index in [9.17, 15) is 18.0 Å². The van der Waals surface area contributed by atoms with Crippen LogP contribution in [0.5, 0.6) is 0 Å². The van der Waals surface area contributed by atoms with Gasteiger partial charge in [0.1, 0.15) is 12.2 Å². The Hall–Kier alpha value is -2.16. The number of thiazole rings is 1. The van der Waals surface area contributed by atoms with E-state index in [2.05, 4.69) is 15.3 Å². The number of rotatable bonds is 4. The monoisotopic (exact) mass is 302 g/mol. The maximum atomic E-state index is 12.0. The van der Waals surface area contributed by atoms with E-state index < -0.39 is 18.6 Å². The molecule has 0 saturated heterocycles. The average Bonchev–Trinajstić information content (AvgIpc) is 2.85. The number of nitrogens with one attached hydrogen (secondary N) is 2. The second kappa shape index (κ2) is 5.87. The van der Waals surface area contributed by atoms with E-state index in [1.54, 1.807) is 29.8 Å². The lowest BCUT2D eigenvalue weighted by atomic mass is 10.4. The zero-order valence-electron chi connectivity index (χ0n) is 9.94. The van der Waals surface area contributed by atoms with Gasteiger partial charge in [-0.3, -0.25) is 9.78 Å². The molecular formula is C11H9F3N4OS. The average molecular weight is 302 g/mol. The maximum absolute atomic E-state index is 12.0. The van der Waals surface area contributed by atoms with Crippen LogP contribution in [0.25, 0.3) is 0 Å². The summed E-state index contributed by atoms with van der Waals surface area (Å²) in [5.74, 6) is -0.863. The molecule has 0 aliphatic carbocycles. The molecule has 2 aromatic rings. The second-order valence-electron chi connectivity index (χ2n) is 3.70. The first-order chi connectivity index (χ1) is 9.44. The zero-order valence-corrected chi connectivity index (χ0v) is 10.8. The van der Waals surface area contributed by atoms with Crippen molar-refractivity contribution < 1.29 is 18.0 Å². The molecule has 1 amide bonds. The van der Waals surface area contributed by atoms with Crippen LogP contribution in [0.3, 0.4) is 0 Å². The SMILES string of the molecule is O=C(NCC(F)(F)F)c1csc(Nc2cccnc2)n1. The van der Waals surface area contributed by atoms with Gasteiger partial charge in [0.15, 0.2) is 5.13 Å². The first-order valence-electron chi connectivity index (χ1n) is 5.41. The van der Waals surface area contributed by atoms with Crippen molar-refractivity contribution in [2.45, 2.75) is 6.18 Å². The number of hydrogen-bond donors (Lipinski definition) is 2. The summed E-state index contributed by atoms with van der Waals surface area (Å²) in [5, 5.41) is 6.43. The highest BCUT2D eigenvalue weighted by Gasteiger charge is 2.28. The number of carbonyl (C=O) groups excluding carboxylic acids is 1. The Morgan fingerprint density at radius 2 is 2.20 bits per heavy atom. The van der Waals surface area contributed by atoms with Crippen LogP contribution in [0.4, 0.5) is 24.0 Å². The van der Waals surface area contributed by atoms with Gasteiger partial charge in [-0.2, -0.15) is 13.2 Å². The Morgan fingerprint density at radius 3 is 2.85 bits per heavy atom. The van der Waals surface area contributed by atoms with E-state index in [0.29, 0.717) is 10.8 Å². The van der Waals surface area contributed by atoms with Gasteiger partial charge in [0.25, 0.3) is 5.91 Å². The highest BCUT2D eigenvalue weighted by atomic mass is 32.1. The number of nitrogens with zero attached hydrogens (tertiary/aromatic N) is 2. The van der Waals surface area contributed by atoms with Gasteiger partial charge in [0.05, 0.1) is 11.9 Å². The Labute approximate surface area is 115 Å². The topological polar surface area (TPSA) is 66.9 Å². The summed E-state index contributed by atoms with van der Waals surface area (Å²) < 4.78 is 35.9. The summed E-state index contributed by atoms with van der Waals surface area (Å²) in [5.41, 5.74) is 0.606. The van der Waals surface area contributed by atoms with Crippen molar-refractivity contribution in [1.29, 1.82) is 0 Å². The first-order valence-corrected chi connectivity index (χ1v) is 6.29. The second-order valence-corrected chi connectivity index (χ2v) is 4.56. The fourth-order valence-corrected chi connectivity index (χ4v) is 1.98. The highest BCUT2D eigenvalue weighted by molar-refractivity contribution is 7.14. The number of alkyl halides is 3. The quantitative estimate of drug-likeness (QED) is 0.911. The molecule has 0 aromatic carbocycles. The molecule has 0 aliphatic heterocycles. The van der Waals surface area contributed by atoms with Crippen molar-refractivity contribution in [2.24, 2.45) is 0 Å². The molecule has 0 aliphatic rings. The van der Waals surface area contributed by atoms with E-state index >= 15 is 0 Å². The van der Waals surface area contributed by atoms with Gasteiger partial charge in [0, 0.05) is 11.6 Å². The Morgan fingerprint density at radius 1 is 1.40 bits per heavy atom. The third-order valence-corrected chi connectivity index (χ3v) is 2.86. The third-order valence-electron chi connectivity index (χ3n) is 2.10. The van der Waals surface area contributed by atoms with Gasteiger partial charge >= 0.3 is 6.18 Å². The summed E-state index contributed by atoms with van der Waals surface area (Å²) in [7, 11) is 0. The van der Waals surface area contributed by atoms with Crippen LogP contribution in [-0.2, 0) is 0 Å². The molecule has 0 saturated carbocycles. The zero-order chi connectivity index (χ0) is 14.6. The van der Waals surface area contributed by atoms with Crippen LogP contribution >= 0.6 is 11.3 Å². The largest absolute Gasteiger partial charge is 0.405 e. The highest BCUT2D eigenvalue weighted by Crippen LogP contribution is 2.20. The predicted molar refractivity (Wildman–Crippen MR) is 68.0 cm³/mol. The Balaban J connectivity index is 1.97. The van der Waals surface area contributed by atoms with Gasteiger partial charge in [-0.05, 0) is 12.1 Å². The summed E-state index contributed by atoms with van der Waals surface area (Å²) in [6.07, 6.45) is -1.28. The van der Waals surface area contributed by atoms with Crippen molar-refractivity contribution in [3.63, 3.8) is 0 Å². The van der Waals surface area contributed by atoms with E-state index in [0.717, 1.165) is 11.3 Å². The fourth-order valence-electron chi connectivity index (χ4n) is 1.27. The van der Waals surface area contributed by atoms with Crippen LogP contribution < -0.4 is 10.6 Å². The summed E-state index contributed by atoms with van der Waals surface area (Å²) in [6, 6.07) is 3.46. The standard InChI is InChI=1S/C11H9F3N4OS/c12-11(13,14)6-16-9(19)8-5-20-10(18-8)17-7-2-1-3-15-4-7/h1-5H,6H2,(H,16,19)(H,17,18). The number of halogens is 3. The Kier molecular flexibility index (Phi) is 4.18. The Bertz CT molecular complexity index is 585. The number of pyridine rings is 1. The number of amides is 1. The smallest absolute Gasteiger partial charge is 0.342 e. The van der Waals surface area contributed by atoms with Crippen molar-refractivity contribution >= 4 is 28.1 Å². The molecule has 20 heavy (non-hydrogen) atoms. The lowest BCUT2D eigenvalue weighted by Gasteiger charge is -2.06. The van der Waals surface area contributed by atoms with Crippen LogP contribution in [0.15, 0.2) is 29.9 Å². The molecule has 0 bridgehead atoms. The molecule has 0 atom stereocenters. The minimum atomic E-state index is -4.44. The predicted octanol–water partition coefficient (Wildman–Crippen LogP) is 2.57. The van der Waals surface area contributed by atoms with E-state index in [1.165, 1.54) is 5.38 Å². The fraction of sp³-hybridized carbons (Fsp3) is 0.182. The van der Waals surface area contributed by atoms with Crippen LogP contribution in [-0.4, -0.2) is 28.6 Å². The molecule has 2 rings (SSSR count). The number of aromatic nitrogens is 2. The molecule has 106 valence electrons. The molecule has 0 fully saturated rings. The molecular weight excluding hydrogens is 293 g/mol. The molecule has 0 unspecified atom stereocenters. The van der Waals surface area contributed by atoms with E-state index in [1.807, 2.05) is 0 Å². The van der Waals surface area contributed by atoms with E-state index in [4.69, 9.17) is 0 Å². The summed E-state index contributed by atoms with van der Waals surface area (Å²) in [6.45, 7) is -1.38. The van der Waals surface area contributed by atoms with Gasteiger partial charge in [-0.1, -0.05) is 0 Å². The number of hydrogen-bond acceptors (Lipinski definition) is 5. The van der Waals surface area contributed by atoms with Crippen molar-refractivity contribution in [3.8, 4) is 0 Å². The van der Waals surface area contributed by atoms with Crippen LogP contribution in [0.2, 0.25) is 0 Å². The molecule has 2 heterocycles. The molecule has 9 heteroatoms. The molecule has 2 aromatic heterocycles. The van der Waals surface area contributed by atoms with E-state index in [-0.39, 0.29) is 5.69 Å². The van der Waals surface area contributed by atoms with Crippen LogP contribution in [0.1, 0.15) is 10.5 Å². The number of anilines is 2. The molecule has 0 spiro atoms. The molecule has 0 radical (unpaired) electrons. The van der Waals surface area contributed by atoms with Gasteiger partial charge in [-0.25, -0.2) is 4.98 Å². The lowest BCUT2D eigenvalue weighted by molar-refractivity contribution is -0.123. The van der Waals surface area contributed by atoms with Gasteiger partial charge < -0.3 is 10.6 Å². The van der Waals surface area contributed by atoms with Crippen molar-refractivity contribution in [2.75, 3.05) is 11.9 Å². The molecule has 2 N–H and O–H groups in total. The summed E-state index contributed by atoms with van der Waals surface area (Å²) >= 11 is 1.11. The van der Waals surface area contributed by atoms with Gasteiger partial charge in [-0.15, -0.1) is 11.3 Å². The lowest BCUT2D eigenvalue weighted by Crippen LogP contribution is -2.33. The van der Waals surface area contributed by atoms with Crippen molar-refractivity contribution in [3.05, 3.63) is 35.6 Å². The normalized spacial score (nSPS) is 11.2. The third kappa shape index (κ3) is 4.19. The minimum Gasteiger partial charge on any atom is -0.342 e. The van der Waals surface area contributed by atoms with Crippen molar-refractivity contribution in [1.82, 2.24) is 15.3 Å². The first kappa shape index (κ1) is 14.3. The minimum absolute atomic E-state index is 0.0642.